The maximum Gasteiger partial charge on any atom is 0.450 e. The van der Waals surface area contributed by atoms with Crippen LogP contribution in [-0.4, -0.2) is 35.3 Å². The number of nitrogens with one attached hydrogen (secondary N) is 2. The highest BCUT2D eigenvalue weighted by Crippen LogP contribution is 2.45. The Labute approximate surface area is 160 Å². The van der Waals surface area contributed by atoms with E-state index in [0.717, 1.165) is 17.4 Å². The number of hydrogen-bond donors (Lipinski definition) is 4. The zero-order chi connectivity index (χ0) is 20.7. The van der Waals surface area contributed by atoms with Gasteiger partial charge < -0.3 is 25.6 Å². The van der Waals surface area contributed by atoms with Gasteiger partial charge in [-0.05, 0) is 29.1 Å². The highest BCUT2D eigenvalue weighted by Gasteiger charge is 2.59. The zero-order valence-electron chi connectivity index (χ0n) is 14.3. The zero-order valence-corrected chi connectivity index (χ0v) is 15.1. The number of phenolic OH excluding ortho intramolecular Hbond substituents is 1. The van der Waals surface area contributed by atoms with Crippen LogP contribution >= 0.6 is 11.3 Å². The largest absolute Gasteiger partial charge is 0.504 e. The predicted molar refractivity (Wildman–Crippen MR) is 91.8 cm³/mol. The second-order valence-corrected chi connectivity index (χ2v) is 7.04. The van der Waals surface area contributed by atoms with Crippen LogP contribution in [0.15, 0.2) is 35.7 Å². The number of alkyl halides is 3. The van der Waals surface area contributed by atoms with Gasteiger partial charge >= 0.3 is 12.2 Å². The first-order valence-electron chi connectivity index (χ1n) is 7.91. The molecule has 2 amide bonds. The smallest absolute Gasteiger partial charge is 0.450 e. The molecule has 1 aliphatic heterocycles. The van der Waals surface area contributed by atoms with E-state index in [-0.39, 0.29) is 21.9 Å². The molecule has 3 rings (SSSR count). The van der Waals surface area contributed by atoms with E-state index < -0.39 is 35.7 Å². The molecule has 2 aromatic rings. The molecular formula is C17H15F3N2O5S. The molecule has 0 spiro atoms. The van der Waals surface area contributed by atoms with E-state index in [1.54, 1.807) is 0 Å². The Morgan fingerprint density at radius 1 is 1.32 bits per heavy atom. The number of Topliss-reactive ketones (excluding diaryl/α,β-unsaturated/α-hetero) is 1. The van der Waals surface area contributed by atoms with E-state index in [2.05, 4.69) is 10.6 Å². The number of carbonyl (C=O) groups is 2. The summed E-state index contributed by atoms with van der Waals surface area (Å²) in [5.74, 6) is -4.69. The maximum atomic E-state index is 13.4. The average Bonchev–Trinajstić information content (AvgIpc) is 3.15. The van der Waals surface area contributed by atoms with E-state index in [1.807, 2.05) is 0 Å². The standard InChI is InChI=1S/C17H15F3N2O5S/c1-27-10-7-8(4-5-9(10)23)13-12(14(24)17(18,19)20)16(26,22-15(25)21-13)11-3-2-6-28-11/h2-7,12-13,23,26H,1H3,(H2,21,22,25)/t12-,13-,16-/m0/s1. The summed E-state index contributed by atoms with van der Waals surface area (Å²) in [7, 11) is 1.24. The van der Waals surface area contributed by atoms with Gasteiger partial charge in [-0.3, -0.25) is 4.79 Å². The number of methoxy groups -OCH3 is 1. The molecule has 11 heteroatoms. The number of ketones is 1. The molecule has 7 nitrogen and oxygen atoms in total. The lowest BCUT2D eigenvalue weighted by atomic mass is 9.78. The third-order valence-corrected chi connectivity index (χ3v) is 5.39. The summed E-state index contributed by atoms with van der Waals surface area (Å²) in [4.78, 5) is 24.4. The molecule has 28 heavy (non-hydrogen) atoms. The molecule has 0 aliphatic carbocycles. The third kappa shape index (κ3) is 3.38. The minimum absolute atomic E-state index is 0.0271. The van der Waals surface area contributed by atoms with E-state index in [0.29, 0.717) is 0 Å². The Balaban J connectivity index is 2.18. The van der Waals surface area contributed by atoms with Crippen LogP contribution in [-0.2, 0) is 10.5 Å². The van der Waals surface area contributed by atoms with E-state index in [1.165, 1.54) is 36.8 Å². The fourth-order valence-electron chi connectivity index (χ4n) is 3.14. The summed E-state index contributed by atoms with van der Waals surface area (Å²) >= 11 is 0.893. The minimum atomic E-state index is -5.26. The predicted octanol–water partition coefficient (Wildman–Crippen LogP) is 2.41. The molecule has 4 N–H and O–H groups in total. The van der Waals surface area contributed by atoms with Gasteiger partial charge in [-0.2, -0.15) is 13.2 Å². The van der Waals surface area contributed by atoms with E-state index in [9.17, 15) is 33.0 Å². The molecule has 1 aliphatic rings. The fourth-order valence-corrected chi connectivity index (χ4v) is 3.96. The number of amides is 2. The Hall–Kier alpha value is -2.79. The van der Waals surface area contributed by atoms with Gasteiger partial charge in [0.15, 0.2) is 17.2 Å². The third-order valence-electron chi connectivity index (χ3n) is 4.40. The van der Waals surface area contributed by atoms with Crippen molar-refractivity contribution in [2.24, 2.45) is 5.92 Å². The Morgan fingerprint density at radius 2 is 2.04 bits per heavy atom. The quantitative estimate of drug-likeness (QED) is 0.612. The van der Waals surface area contributed by atoms with Crippen LogP contribution in [0.2, 0.25) is 0 Å². The molecular weight excluding hydrogens is 401 g/mol. The van der Waals surface area contributed by atoms with Crippen molar-refractivity contribution in [3.63, 3.8) is 0 Å². The number of urea groups is 1. The van der Waals surface area contributed by atoms with Crippen molar-refractivity contribution >= 4 is 23.2 Å². The van der Waals surface area contributed by atoms with Crippen molar-refractivity contribution in [2.45, 2.75) is 17.9 Å². The summed E-state index contributed by atoms with van der Waals surface area (Å²) in [6.07, 6.45) is -5.26. The number of halogens is 3. The van der Waals surface area contributed by atoms with Gasteiger partial charge in [0.25, 0.3) is 0 Å². The molecule has 150 valence electrons. The molecule has 0 saturated carbocycles. The van der Waals surface area contributed by atoms with Crippen LogP contribution in [0.1, 0.15) is 16.5 Å². The van der Waals surface area contributed by atoms with Crippen molar-refractivity contribution < 1.29 is 37.7 Å². The molecule has 0 radical (unpaired) electrons. The van der Waals surface area contributed by atoms with E-state index >= 15 is 0 Å². The van der Waals surface area contributed by atoms with Crippen LogP contribution in [0.5, 0.6) is 11.5 Å². The lowest BCUT2D eigenvalue weighted by molar-refractivity contribution is -0.190. The Kier molecular flexibility index (Phi) is 4.98. The number of hydrogen-bond acceptors (Lipinski definition) is 6. The van der Waals surface area contributed by atoms with Crippen molar-refractivity contribution in [2.75, 3.05) is 7.11 Å². The second-order valence-electron chi connectivity index (χ2n) is 6.09. The number of carbonyl (C=O) groups excluding carboxylic acids is 2. The van der Waals surface area contributed by atoms with Gasteiger partial charge in [-0.25, -0.2) is 4.79 Å². The summed E-state index contributed by atoms with van der Waals surface area (Å²) < 4.78 is 45.0. The average molecular weight is 416 g/mol. The molecule has 1 aromatic heterocycles. The van der Waals surface area contributed by atoms with Gasteiger partial charge in [0, 0.05) is 0 Å². The molecule has 1 fully saturated rings. The van der Waals surface area contributed by atoms with Crippen LogP contribution < -0.4 is 15.4 Å². The van der Waals surface area contributed by atoms with Crippen molar-refractivity contribution in [3.8, 4) is 11.5 Å². The normalized spacial score (nSPS) is 25.0. The van der Waals surface area contributed by atoms with Crippen LogP contribution in [0.4, 0.5) is 18.0 Å². The highest BCUT2D eigenvalue weighted by atomic mass is 32.1. The summed E-state index contributed by atoms with van der Waals surface area (Å²) in [5, 5.41) is 26.6. The van der Waals surface area contributed by atoms with Gasteiger partial charge in [0.05, 0.1) is 18.0 Å². The summed E-state index contributed by atoms with van der Waals surface area (Å²) in [6, 6.07) is 3.88. The van der Waals surface area contributed by atoms with Crippen molar-refractivity contribution in [3.05, 3.63) is 46.2 Å². The number of thiophene rings is 1. The van der Waals surface area contributed by atoms with Crippen molar-refractivity contribution in [1.82, 2.24) is 10.6 Å². The Morgan fingerprint density at radius 3 is 2.61 bits per heavy atom. The SMILES string of the molecule is COc1cc([C@@H]2NC(=O)N[C@](O)(c3cccs3)[C@@H]2C(=O)C(F)(F)F)ccc1O. The van der Waals surface area contributed by atoms with Crippen LogP contribution in [0.25, 0.3) is 0 Å². The van der Waals surface area contributed by atoms with Gasteiger partial charge in [-0.1, -0.05) is 12.1 Å². The maximum absolute atomic E-state index is 13.4. The molecule has 3 atom stereocenters. The number of ether oxygens (including phenoxy) is 1. The Bertz CT molecular complexity index is 903. The number of aliphatic hydroxyl groups is 1. The first kappa shape index (κ1) is 20.0. The molecule has 0 bridgehead atoms. The summed E-state index contributed by atoms with van der Waals surface area (Å²) in [6.45, 7) is 0. The highest BCUT2D eigenvalue weighted by molar-refractivity contribution is 7.10. The topological polar surface area (TPSA) is 108 Å². The van der Waals surface area contributed by atoms with Crippen LogP contribution in [0.3, 0.4) is 0 Å². The lowest BCUT2D eigenvalue weighted by Crippen LogP contribution is -2.66. The van der Waals surface area contributed by atoms with Crippen LogP contribution in [0, 0.1) is 5.92 Å². The first-order chi connectivity index (χ1) is 13.1. The summed E-state index contributed by atoms with van der Waals surface area (Å²) in [5.41, 5.74) is -2.54. The molecule has 2 heterocycles. The molecule has 1 aromatic carbocycles. The van der Waals surface area contributed by atoms with Gasteiger partial charge in [0.2, 0.25) is 5.78 Å². The number of phenols is 1. The number of rotatable bonds is 4. The minimum Gasteiger partial charge on any atom is -0.504 e. The van der Waals surface area contributed by atoms with Gasteiger partial charge in [0.1, 0.15) is 5.92 Å². The number of aromatic hydroxyl groups is 1. The van der Waals surface area contributed by atoms with E-state index in [4.69, 9.17) is 4.74 Å². The molecule has 1 saturated heterocycles. The molecule has 0 unspecified atom stereocenters. The van der Waals surface area contributed by atoms with Gasteiger partial charge in [-0.15, -0.1) is 11.3 Å². The number of benzene rings is 1. The first-order valence-corrected chi connectivity index (χ1v) is 8.79. The fraction of sp³-hybridized carbons (Fsp3) is 0.294. The monoisotopic (exact) mass is 416 g/mol. The second kappa shape index (κ2) is 6.99. The van der Waals surface area contributed by atoms with Crippen molar-refractivity contribution in [1.29, 1.82) is 0 Å². The lowest BCUT2D eigenvalue weighted by Gasteiger charge is -2.44.